The third-order valence-electron chi connectivity index (χ3n) is 6.96. The molecule has 0 aromatic heterocycles. The summed E-state index contributed by atoms with van der Waals surface area (Å²) in [6.45, 7) is 3.41. The molecule has 1 heterocycles. The van der Waals surface area contributed by atoms with Gasteiger partial charge in [0.1, 0.15) is 17.7 Å². The fourth-order valence-electron chi connectivity index (χ4n) is 4.46. The van der Waals surface area contributed by atoms with E-state index in [9.17, 15) is 31.9 Å². The molecule has 3 N–H and O–H groups in total. The number of aliphatic hydroxyl groups is 1. The Bertz CT molecular complexity index is 1540. The number of para-hydroxylation sites is 1. The normalized spacial score (nSPS) is 17.8. The van der Waals surface area contributed by atoms with Gasteiger partial charge in [0.15, 0.2) is 5.75 Å². The molecule has 0 unspecified atom stereocenters. The highest BCUT2D eigenvalue weighted by molar-refractivity contribution is 7.92. The van der Waals surface area contributed by atoms with Crippen LogP contribution in [0.5, 0.6) is 5.75 Å². The number of benzene rings is 3. The minimum Gasteiger partial charge on any atom is -0.485 e. The number of nitrogens with one attached hydrogen (secondary N) is 2. The number of halogens is 2. The smallest absolute Gasteiger partial charge is 0.321 e. The number of fused-ring (bicyclic) bond motifs is 1. The highest BCUT2D eigenvalue weighted by Crippen LogP contribution is 2.36. The average Bonchev–Trinajstić information content (AvgIpc) is 2.96. The summed E-state index contributed by atoms with van der Waals surface area (Å²) in [6.07, 6.45) is -0.731. The summed E-state index contributed by atoms with van der Waals surface area (Å²) >= 11 is 0. The van der Waals surface area contributed by atoms with Crippen LogP contribution >= 0.6 is 0 Å². The molecule has 1 aliphatic heterocycles. The van der Waals surface area contributed by atoms with Crippen molar-refractivity contribution in [3.05, 3.63) is 83.9 Å². The van der Waals surface area contributed by atoms with Gasteiger partial charge >= 0.3 is 6.03 Å². The molecule has 0 spiro atoms. The molecule has 3 atom stereocenters. The summed E-state index contributed by atoms with van der Waals surface area (Å²) < 4.78 is 61.8. The van der Waals surface area contributed by atoms with E-state index in [1.54, 1.807) is 6.92 Å². The molecule has 10 nitrogen and oxygen atoms in total. The summed E-state index contributed by atoms with van der Waals surface area (Å²) in [5.41, 5.74) is 0.417. The maximum absolute atomic E-state index is 13.6. The Hall–Kier alpha value is -4.23. The number of hydrogen-bond donors (Lipinski definition) is 3. The van der Waals surface area contributed by atoms with E-state index in [-0.39, 0.29) is 47.5 Å². The van der Waals surface area contributed by atoms with Gasteiger partial charge in [-0.3, -0.25) is 9.52 Å². The zero-order valence-corrected chi connectivity index (χ0v) is 24.1. The predicted octanol–water partition coefficient (Wildman–Crippen LogP) is 4.15. The number of urea groups is 1. The Kier molecular flexibility index (Phi) is 9.32. The van der Waals surface area contributed by atoms with E-state index in [1.807, 2.05) is 6.92 Å². The van der Waals surface area contributed by atoms with Crippen molar-refractivity contribution in [2.24, 2.45) is 5.92 Å². The maximum atomic E-state index is 13.6. The Balaban J connectivity index is 1.68. The molecule has 0 radical (unpaired) electrons. The molecular formula is C29H32F2N4O6S. The van der Waals surface area contributed by atoms with Crippen LogP contribution in [0.1, 0.15) is 24.2 Å². The van der Waals surface area contributed by atoms with Crippen LogP contribution in [0.3, 0.4) is 0 Å². The van der Waals surface area contributed by atoms with E-state index in [1.165, 1.54) is 59.3 Å². The van der Waals surface area contributed by atoms with Crippen LogP contribution in [-0.2, 0) is 10.0 Å². The summed E-state index contributed by atoms with van der Waals surface area (Å²) in [4.78, 5) is 29.2. The molecule has 0 saturated carbocycles. The van der Waals surface area contributed by atoms with Gasteiger partial charge in [0.05, 0.1) is 35.3 Å². The fourth-order valence-corrected chi connectivity index (χ4v) is 5.53. The van der Waals surface area contributed by atoms with Crippen LogP contribution in [0.25, 0.3) is 0 Å². The Labute approximate surface area is 242 Å². The van der Waals surface area contributed by atoms with Crippen LogP contribution in [0.2, 0.25) is 0 Å². The highest BCUT2D eigenvalue weighted by Gasteiger charge is 2.35. The molecule has 3 aromatic rings. The molecule has 0 fully saturated rings. The molecular weight excluding hydrogens is 570 g/mol. The van der Waals surface area contributed by atoms with Crippen LogP contribution in [0.4, 0.5) is 25.0 Å². The number of ether oxygens (including phenoxy) is 1. The van der Waals surface area contributed by atoms with Gasteiger partial charge in [-0.1, -0.05) is 13.0 Å². The van der Waals surface area contributed by atoms with Crippen molar-refractivity contribution < 1.29 is 36.6 Å². The second-order valence-electron chi connectivity index (χ2n) is 10.2. The Morgan fingerprint density at radius 2 is 1.71 bits per heavy atom. The number of likely N-dealkylation sites (N-methyl/N-ethyl adjacent to an activating group) is 1. The van der Waals surface area contributed by atoms with Crippen molar-refractivity contribution in [2.45, 2.75) is 30.9 Å². The summed E-state index contributed by atoms with van der Waals surface area (Å²) in [5.74, 6) is -1.94. The number of rotatable bonds is 8. The molecule has 0 aliphatic carbocycles. The van der Waals surface area contributed by atoms with Crippen molar-refractivity contribution in [3.8, 4) is 5.75 Å². The standard InChI is InChI=1S/C29H32F2N4O6S/c1-18-15-35(19(2)17-36)28(37)24-5-4-6-25(33-42(39,40)23-13-9-21(31)10-14-23)27(24)41-26(18)16-34(3)29(38)32-22-11-7-20(30)8-12-22/h4-14,18-19,26,33,36H,15-17H2,1-3H3,(H,32,38)/t18-,19-,26+/m0/s1. The zero-order chi connectivity index (χ0) is 30.6. The van der Waals surface area contributed by atoms with Gasteiger partial charge in [0.2, 0.25) is 0 Å². The number of aliphatic hydroxyl groups excluding tert-OH is 1. The lowest BCUT2D eigenvalue weighted by molar-refractivity contribution is 0.0373. The lowest BCUT2D eigenvalue weighted by atomic mass is 9.99. The first-order valence-corrected chi connectivity index (χ1v) is 14.7. The van der Waals surface area contributed by atoms with E-state index >= 15 is 0 Å². The van der Waals surface area contributed by atoms with Crippen molar-refractivity contribution >= 4 is 33.3 Å². The quantitative estimate of drug-likeness (QED) is 0.356. The average molecular weight is 603 g/mol. The molecule has 3 amide bonds. The first-order valence-electron chi connectivity index (χ1n) is 13.2. The molecule has 42 heavy (non-hydrogen) atoms. The second kappa shape index (κ2) is 12.7. The van der Waals surface area contributed by atoms with Crippen molar-refractivity contribution in [3.63, 3.8) is 0 Å². The SMILES string of the molecule is C[C@H]1CN([C@@H](C)CO)C(=O)c2cccc(NS(=O)(=O)c3ccc(F)cc3)c2O[C@@H]1CN(C)C(=O)Nc1ccc(F)cc1. The minimum atomic E-state index is -4.20. The van der Waals surface area contributed by atoms with Gasteiger partial charge in [0.25, 0.3) is 15.9 Å². The molecule has 4 rings (SSSR count). The van der Waals surface area contributed by atoms with E-state index in [2.05, 4.69) is 10.0 Å². The van der Waals surface area contributed by atoms with Crippen molar-refractivity contribution in [1.29, 1.82) is 0 Å². The van der Waals surface area contributed by atoms with E-state index in [4.69, 9.17) is 4.74 Å². The molecule has 3 aromatic carbocycles. The van der Waals surface area contributed by atoms with Gasteiger partial charge in [-0.15, -0.1) is 0 Å². The predicted molar refractivity (Wildman–Crippen MR) is 153 cm³/mol. The van der Waals surface area contributed by atoms with Gasteiger partial charge < -0.3 is 25.0 Å². The van der Waals surface area contributed by atoms with Crippen LogP contribution in [-0.4, -0.2) is 74.2 Å². The number of hydrogen-bond acceptors (Lipinski definition) is 6. The first-order chi connectivity index (χ1) is 19.9. The summed E-state index contributed by atoms with van der Waals surface area (Å²) in [7, 11) is -2.67. The number of amides is 3. The number of anilines is 2. The third-order valence-corrected chi connectivity index (χ3v) is 8.34. The van der Waals surface area contributed by atoms with Crippen LogP contribution in [0.15, 0.2) is 71.6 Å². The molecule has 13 heteroatoms. The largest absolute Gasteiger partial charge is 0.485 e. The summed E-state index contributed by atoms with van der Waals surface area (Å²) in [5, 5.41) is 12.5. The number of nitrogens with zero attached hydrogens (tertiary/aromatic N) is 2. The van der Waals surface area contributed by atoms with Gasteiger partial charge in [-0.25, -0.2) is 22.0 Å². The monoisotopic (exact) mass is 602 g/mol. The van der Waals surface area contributed by atoms with E-state index in [0.29, 0.717) is 5.69 Å². The Morgan fingerprint density at radius 1 is 1.10 bits per heavy atom. The van der Waals surface area contributed by atoms with Crippen molar-refractivity contribution in [1.82, 2.24) is 9.80 Å². The zero-order valence-electron chi connectivity index (χ0n) is 23.3. The van der Waals surface area contributed by atoms with Gasteiger partial charge in [-0.05, 0) is 67.6 Å². The van der Waals surface area contributed by atoms with Crippen molar-refractivity contribution in [2.75, 3.05) is 36.8 Å². The fraction of sp³-hybridized carbons (Fsp3) is 0.310. The number of carbonyl (C=O) groups is 2. The molecule has 0 bridgehead atoms. The molecule has 0 saturated heterocycles. The lowest BCUT2D eigenvalue weighted by Gasteiger charge is -2.38. The Morgan fingerprint density at radius 3 is 2.33 bits per heavy atom. The summed E-state index contributed by atoms with van der Waals surface area (Å²) in [6, 6.07) is 12.9. The lowest BCUT2D eigenvalue weighted by Crippen LogP contribution is -2.50. The van der Waals surface area contributed by atoms with Gasteiger partial charge in [-0.2, -0.15) is 0 Å². The topological polar surface area (TPSA) is 128 Å². The van der Waals surface area contributed by atoms with Crippen LogP contribution in [0, 0.1) is 17.6 Å². The molecule has 224 valence electrons. The second-order valence-corrected chi connectivity index (χ2v) is 11.9. The van der Waals surface area contributed by atoms with Gasteiger partial charge in [0, 0.05) is 25.2 Å². The molecule has 1 aliphatic rings. The minimum absolute atomic E-state index is 0.0284. The van der Waals surface area contributed by atoms with E-state index in [0.717, 1.165) is 24.3 Å². The number of carbonyl (C=O) groups excluding carboxylic acids is 2. The highest BCUT2D eigenvalue weighted by atomic mass is 32.2. The van der Waals surface area contributed by atoms with Crippen LogP contribution < -0.4 is 14.8 Å². The third kappa shape index (κ3) is 6.97. The first kappa shape index (κ1) is 30.7. The van der Waals surface area contributed by atoms with E-state index < -0.39 is 45.7 Å². The maximum Gasteiger partial charge on any atom is 0.321 e. The number of sulfonamides is 1.